The summed E-state index contributed by atoms with van der Waals surface area (Å²) in [6, 6.07) is 60.0. The minimum absolute atomic E-state index is 0.0836. The Balaban J connectivity index is 0.000000113. The van der Waals surface area contributed by atoms with Gasteiger partial charge in [0.1, 0.15) is 109 Å². The molecule has 143 heavy (non-hydrogen) atoms. The van der Waals surface area contributed by atoms with Crippen LogP contribution in [-0.2, 0) is 0 Å². The number of hydrogen-bond donors (Lipinski definition) is 10. The summed E-state index contributed by atoms with van der Waals surface area (Å²) in [5, 5.41) is 16.8. The van der Waals surface area contributed by atoms with E-state index in [0.29, 0.717) is 99.8 Å². The molecule has 38 heteroatoms. The van der Waals surface area contributed by atoms with Gasteiger partial charge in [0.2, 0.25) is 0 Å². The number of carbonyl (C=O) groups is 4. The Hall–Kier alpha value is -17.5. The van der Waals surface area contributed by atoms with E-state index >= 15 is 0 Å². The molecule has 0 unspecified atom stereocenters. The predicted molar refractivity (Wildman–Crippen MR) is 545 cm³/mol. The molecule has 0 spiro atoms. The number of nitrogen functional groups attached to an aromatic ring is 4. The Kier molecular flexibility index (Phi) is 25.4. The summed E-state index contributed by atoms with van der Waals surface area (Å²) < 4.78 is 67.4. The number of ether oxygens (including phenoxy) is 2. The van der Waals surface area contributed by atoms with Gasteiger partial charge >= 0.3 is 24.5 Å². The van der Waals surface area contributed by atoms with E-state index in [0.717, 1.165) is 202 Å². The number of rotatable bonds is 14. The van der Waals surface area contributed by atoms with Gasteiger partial charge < -0.3 is 82.9 Å². The highest BCUT2D eigenvalue weighted by Crippen LogP contribution is 2.43. The molecular weight excluding hydrogens is 1840 g/mol. The number of likely N-dealkylation sites (tertiary alicyclic amines) is 4. The molecule has 722 valence electrons. The summed E-state index contributed by atoms with van der Waals surface area (Å²) in [4.78, 5) is 111. The van der Waals surface area contributed by atoms with E-state index in [-0.39, 0.29) is 59.2 Å². The summed E-state index contributed by atoms with van der Waals surface area (Å²) >= 11 is 1.55. The van der Waals surface area contributed by atoms with E-state index in [1.165, 1.54) is 24.3 Å². The molecule has 24 rings (SSSR count). The van der Waals surface area contributed by atoms with Crippen molar-refractivity contribution in [2.75, 3.05) is 98.4 Å². The van der Waals surface area contributed by atoms with Crippen LogP contribution < -0.4 is 48.4 Å². The number of aromatic nitrogens is 16. The summed E-state index contributed by atoms with van der Waals surface area (Å²) in [6.07, 6.45) is 17.6. The maximum atomic E-state index is 13.1. The van der Waals surface area contributed by atoms with Crippen molar-refractivity contribution in [2.24, 2.45) is 0 Å². The maximum absolute atomic E-state index is 13.1. The van der Waals surface area contributed by atoms with Crippen molar-refractivity contribution in [1.82, 2.24) is 97.0 Å². The molecule has 7 amide bonds. The fraction of sp³-hybridized carbons (Fsp3) is 0.210. The molecule has 33 nitrogen and oxygen atoms in total. The van der Waals surface area contributed by atoms with Crippen LogP contribution in [0.4, 0.5) is 72.3 Å². The Morgan fingerprint density at radius 1 is 0.392 bits per heavy atom. The molecule has 7 aromatic carbocycles. The minimum Gasteiger partial charge on any atom is -0.497 e. The number of benzene rings is 7. The summed E-state index contributed by atoms with van der Waals surface area (Å²) in [7, 11) is 1.62. The van der Waals surface area contributed by atoms with Gasteiger partial charge in [0.25, 0.3) is 5.91 Å². The van der Waals surface area contributed by atoms with E-state index in [1.54, 1.807) is 71.4 Å². The number of nitrogens with zero attached hydrogens (tertiary/aromatic N) is 17. The number of para-hydroxylation sites is 3. The third kappa shape index (κ3) is 19.3. The number of halogens is 4. The first kappa shape index (κ1) is 91.9. The van der Waals surface area contributed by atoms with Gasteiger partial charge in [0.15, 0.2) is 0 Å². The standard InChI is InChI=1S/C27H24F3N7O2.C27H27N7O2.C26H24FN7O.C25H22N6OS/c28-27(29,30)39-19-7-5-18(6-8-19)33-26(38)36-12-9-16(10-13-36)25-35-22(23-24(31)32-11-14-37(23)25)21-15-17-3-1-2-4-20(17)34-21;1-36-20-8-6-19(7-9-20)30-27(35)33-13-10-17(11-14-33)26-32-23(24-25(28)29-12-15-34(24)26)22-16-18-4-2-3-5-21(18)31-22;27-18-5-7-19(8-6-18)30-26(35)33-12-9-16(10-13-33)25-32-22(23-24(28)29-11-14-34(23)25)21-15-17-3-1-2-4-20(17)31-21;26-23-22-21(18-4-3-16-2-1-8-27-20(16)14-18)29-24(31(22)12-9-28-23)17-5-10-30(11-6-17)25(32)19-7-13-33-15-19/h1-8,11,14-16,34H,9-10,12-13H2,(H2,31,32)(H,33,38);2-9,12,15-17,31H,10-11,13-14H2,1H3,(H2,28,29)(H,30,35);1-8,11,14-16,31H,9-10,12-13H2,(H2,28,29)(H,30,35);1-4,7-9,12-15,17H,5-6,10-11H2,(H2,26,28). The number of thiophene rings is 1. The molecular formula is C105H97F4N27O6S. The van der Waals surface area contributed by atoms with Crippen molar-refractivity contribution in [1.29, 1.82) is 0 Å². The van der Waals surface area contributed by atoms with Crippen LogP contribution in [0.15, 0.2) is 267 Å². The van der Waals surface area contributed by atoms with Crippen LogP contribution in [0, 0.1) is 5.82 Å². The molecule has 0 bridgehead atoms. The highest BCUT2D eigenvalue weighted by atomic mass is 32.1. The summed E-state index contributed by atoms with van der Waals surface area (Å²) in [5.41, 5.74) is 41.6. The first-order valence-electron chi connectivity index (χ1n) is 46.9. The number of imidazole rings is 4. The number of carbonyl (C=O) groups excluding carboxylic acids is 4. The second kappa shape index (κ2) is 39.4. The van der Waals surface area contributed by atoms with Gasteiger partial charge in [-0.1, -0.05) is 72.8 Å². The molecule has 4 saturated heterocycles. The number of amides is 7. The van der Waals surface area contributed by atoms with E-state index < -0.39 is 6.36 Å². The predicted octanol–water partition coefficient (Wildman–Crippen LogP) is 20.3. The monoisotopic (exact) mass is 1940 g/mol. The van der Waals surface area contributed by atoms with Crippen LogP contribution in [-0.4, -0.2) is 187 Å². The van der Waals surface area contributed by atoms with Crippen LogP contribution in [0.25, 0.3) is 111 Å². The minimum atomic E-state index is -4.77. The van der Waals surface area contributed by atoms with Crippen molar-refractivity contribution in [3.05, 3.63) is 301 Å². The second-order valence-corrected chi connectivity index (χ2v) is 36.4. The fourth-order valence-electron chi connectivity index (χ4n) is 19.6. The largest absolute Gasteiger partial charge is 0.573 e. The number of methoxy groups -OCH3 is 1. The number of anilines is 7. The fourth-order valence-corrected chi connectivity index (χ4v) is 20.2. The summed E-state index contributed by atoms with van der Waals surface area (Å²) in [6.45, 7) is 4.87. The van der Waals surface area contributed by atoms with E-state index in [1.807, 2.05) is 163 Å². The average Bonchev–Trinajstić information content (AvgIpc) is 1.61. The van der Waals surface area contributed by atoms with Gasteiger partial charge in [-0.05, 0) is 184 Å². The highest BCUT2D eigenvalue weighted by molar-refractivity contribution is 7.08. The number of aromatic amines is 3. The molecule has 0 aliphatic carbocycles. The first-order chi connectivity index (χ1) is 69.6. The van der Waals surface area contributed by atoms with E-state index in [2.05, 4.69) is 112 Å². The van der Waals surface area contributed by atoms with Crippen molar-refractivity contribution >= 4 is 141 Å². The Bertz CT molecular complexity index is 7990. The number of nitrogens with one attached hydrogen (secondary N) is 6. The zero-order chi connectivity index (χ0) is 98.1. The molecule has 4 fully saturated rings. The lowest BCUT2D eigenvalue weighted by atomic mass is 9.95. The number of piperidine rings is 4. The zero-order valence-corrected chi connectivity index (χ0v) is 78.1. The summed E-state index contributed by atoms with van der Waals surface area (Å²) in [5.74, 6) is 6.26. The lowest BCUT2D eigenvalue weighted by Gasteiger charge is -2.31. The van der Waals surface area contributed by atoms with Crippen LogP contribution in [0.3, 0.4) is 0 Å². The quantitative estimate of drug-likeness (QED) is 0.0452. The number of H-pyrrole nitrogens is 3. The Labute approximate surface area is 818 Å². The molecule has 4 aliphatic heterocycles. The van der Waals surface area contributed by atoms with Crippen LogP contribution >= 0.6 is 11.3 Å². The Morgan fingerprint density at radius 3 is 1.10 bits per heavy atom. The van der Waals surface area contributed by atoms with Gasteiger partial charge in [-0.2, -0.15) is 11.3 Å². The number of urea groups is 3. The first-order valence-corrected chi connectivity index (χ1v) is 47.9. The van der Waals surface area contributed by atoms with E-state index in [4.69, 9.17) is 47.6 Å². The van der Waals surface area contributed by atoms with Crippen LogP contribution in [0.5, 0.6) is 11.5 Å². The molecule has 20 aromatic rings. The zero-order valence-electron chi connectivity index (χ0n) is 77.3. The van der Waals surface area contributed by atoms with E-state index in [9.17, 15) is 36.7 Å². The molecule has 4 aliphatic rings. The van der Waals surface area contributed by atoms with Crippen LogP contribution in [0.2, 0.25) is 0 Å². The van der Waals surface area contributed by atoms with Crippen molar-refractivity contribution in [3.63, 3.8) is 0 Å². The molecule has 17 heterocycles. The normalized spacial score (nSPS) is 14.6. The number of pyridine rings is 1. The number of hydrogen-bond acceptors (Lipinski definition) is 20. The van der Waals surface area contributed by atoms with Gasteiger partial charge in [-0.25, -0.2) is 58.6 Å². The van der Waals surface area contributed by atoms with Gasteiger partial charge in [0, 0.05) is 198 Å². The smallest absolute Gasteiger partial charge is 0.497 e. The molecule has 0 atom stereocenters. The lowest BCUT2D eigenvalue weighted by Crippen LogP contribution is -2.40. The number of nitrogens with two attached hydrogens (primary N) is 4. The Morgan fingerprint density at radius 2 is 0.741 bits per heavy atom. The lowest BCUT2D eigenvalue weighted by molar-refractivity contribution is -0.274. The van der Waals surface area contributed by atoms with Gasteiger partial charge in [-0.3, -0.25) is 27.4 Å². The SMILES string of the molecule is COc1ccc(NC(=O)N2CCC(c3nc(-c4cc5ccccc5[nH]4)c4c(N)nccn34)CC2)cc1.Nc1nccn2c(C3CCN(C(=O)Nc4ccc(F)cc4)CC3)nc(-c3cc4ccccc4[nH]3)c12.Nc1nccn2c(C3CCN(C(=O)Nc4ccc(OC(F)(F)F)cc4)CC3)nc(-c3cc4ccccc4[nH]3)c12.Nc1nccn2c(C3CCN(C(=O)c4ccsc4)CC3)nc(-c3ccc4cccnc4c3)c12. The molecule has 14 N–H and O–H groups in total. The van der Waals surface area contributed by atoms with Crippen molar-refractivity contribution in [2.45, 2.75) is 81.4 Å². The van der Waals surface area contributed by atoms with Crippen molar-refractivity contribution in [3.8, 4) is 56.9 Å². The number of alkyl halides is 3. The molecule has 0 radical (unpaired) electrons. The maximum Gasteiger partial charge on any atom is 0.573 e. The second-order valence-electron chi connectivity index (χ2n) is 35.6. The number of fused-ring (bicyclic) bond motifs is 8. The molecule has 0 saturated carbocycles. The third-order valence-electron chi connectivity index (χ3n) is 26.8. The third-order valence-corrected chi connectivity index (χ3v) is 27.5. The highest BCUT2D eigenvalue weighted by Gasteiger charge is 2.36. The van der Waals surface area contributed by atoms with Crippen LogP contribution in [0.1, 0.15) is 109 Å². The van der Waals surface area contributed by atoms with Gasteiger partial charge in [0.05, 0.1) is 35.3 Å². The van der Waals surface area contributed by atoms with Gasteiger partial charge in [-0.15, -0.1) is 13.2 Å². The molecule has 13 aromatic heterocycles. The topological polar surface area (TPSA) is 421 Å². The van der Waals surface area contributed by atoms with Crippen molar-refractivity contribution < 1.29 is 46.2 Å². The average molecular weight is 1940 g/mol.